The van der Waals surface area contributed by atoms with Gasteiger partial charge in [-0.1, -0.05) is 27.7 Å². The van der Waals surface area contributed by atoms with Crippen molar-refractivity contribution < 1.29 is 4.79 Å². The van der Waals surface area contributed by atoms with Crippen LogP contribution in [-0.4, -0.2) is 24.5 Å². The first-order valence-electron chi connectivity index (χ1n) is 6.94. The van der Waals surface area contributed by atoms with Crippen LogP contribution in [0.3, 0.4) is 0 Å². The van der Waals surface area contributed by atoms with E-state index in [9.17, 15) is 4.79 Å². The molecule has 0 aromatic carbocycles. The monoisotopic (exact) mass is 240 g/mol. The summed E-state index contributed by atoms with van der Waals surface area (Å²) in [5.74, 6) is 2.08. The lowest BCUT2D eigenvalue weighted by atomic mass is 9.98. The molecule has 1 fully saturated rings. The Kier molecular flexibility index (Phi) is 5.44. The fourth-order valence-electron chi connectivity index (χ4n) is 2.35. The highest BCUT2D eigenvalue weighted by molar-refractivity contribution is 5.78. The molecule has 100 valence electrons. The zero-order valence-electron chi connectivity index (χ0n) is 11.9. The van der Waals surface area contributed by atoms with Gasteiger partial charge >= 0.3 is 0 Å². The van der Waals surface area contributed by atoms with Crippen LogP contribution in [0.15, 0.2) is 0 Å². The second-order valence-corrected chi connectivity index (χ2v) is 6.00. The molecule has 0 spiro atoms. The Bertz CT molecular complexity index is 253. The zero-order chi connectivity index (χ0) is 13.0. The van der Waals surface area contributed by atoms with E-state index >= 15 is 0 Å². The number of rotatable bonds is 5. The average Bonchev–Trinajstić information content (AvgIpc) is 2.57. The lowest BCUT2D eigenvalue weighted by Crippen LogP contribution is -2.44. The Morgan fingerprint density at radius 2 is 1.88 bits per heavy atom. The van der Waals surface area contributed by atoms with Crippen molar-refractivity contribution in [1.82, 2.24) is 10.6 Å². The van der Waals surface area contributed by atoms with Crippen LogP contribution in [0.25, 0.3) is 0 Å². The Balaban J connectivity index is 2.24. The van der Waals surface area contributed by atoms with Gasteiger partial charge in [0.15, 0.2) is 0 Å². The molecule has 0 aromatic rings. The van der Waals surface area contributed by atoms with Crippen molar-refractivity contribution in [2.75, 3.05) is 6.54 Å². The number of hydrogen-bond donors (Lipinski definition) is 2. The van der Waals surface area contributed by atoms with Crippen LogP contribution in [0, 0.1) is 17.8 Å². The summed E-state index contributed by atoms with van der Waals surface area (Å²) in [6, 6.07) is 0.773. The summed E-state index contributed by atoms with van der Waals surface area (Å²) < 4.78 is 0. The number of carbonyl (C=O) groups excluding carboxylic acids is 1. The molecule has 3 nitrogen and oxygen atoms in total. The van der Waals surface area contributed by atoms with Gasteiger partial charge in [0.2, 0.25) is 5.91 Å². The molecular weight excluding hydrogens is 212 g/mol. The van der Waals surface area contributed by atoms with Crippen molar-refractivity contribution >= 4 is 5.91 Å². The second-order valence-electron chi connectivity index (χ2n) is 6.00. The molecule has 17 heavy (non-hydrogen) atoms. The lowest BCUT2D eigenvalue weighted by molar-refractivity contribution is -0.121. The molecule has 1 aliphatic rings. The van der Waals surface area contributed by atoms with Gasteiger partial charge in [-0.2, -0.15) is 0 Å². The fraction of sp³-hybridized carbons (Fsp3) is 0.929. The van der Waals surface area contributed by atoms with Gasteiger partial charge in [-0.15, -0.1) is 0 Å². The maximum atomic E-state index is 11.7. The molecule has 4 unspecified atom stereocenters. The number of carbonyl (C=O) groups is 1. The largest absolute Gasteiger partial charge is 0.352 e. The van der Waals surface area contributed by atoms with Crippen LogP contribution in [0.5, 0.6) is 0 Å². The van der Waals surface area contributed by atoms with Crippen molar-refractivity contribution in [3.8, 4) is 0 Å². The molecule has 0 heterocycles. The van der Waals surface area contributed by atoms with E-state index in [1.807, 2.05) is 0 Å². The molecule has 3 heteroatoms. The van der Waals surface area contributed by atoms with E-state index in [1.165, 1.54) is 12.8 Å². The van der Waals surface area contributed by atoms with Crippen LogP contribution in [0.1, 0.15) is 47.5 Å². The number of hydrogen-bond acceptors (Lipinski definition) is 2. The zero-order valence-corrected chi connectivity index (χ0v) is 11.9. The summed E-state index contributed by atoms with van der Waals surface area (Å²) in [5.41, 5.74) is 0. The molecule has 0 radical (unpaired) electrons. The van der Waals surface area contributed by atoms with E-state index in [4.69, 9.17) is 0 Å². The van der Waals surface area contributed by atoms with E-state index in [0.29, 0.717) is 24.4 Å². The minimum absolute atomic E-state index is 0.123. The Morgan fingerprint density at radius 3 is 2.35 bits per heavy atom. The van der Waals surface area contributed by atoms with Gasteiger partial charge in [0.25, 0.3) is 0 Å². The summed E-state index contributed by atoms with van der Waals surface area (Å²) in [7, 11) is 0. The SMILES string of the molecule is CC(C)C(C)NC(=O)CNC1CCC(C)C1C. The quantitative estimate of drug-likeness (QED) is 0.773. The van der Waals surface area contributed by atoms with Gasteiger partial charge in [0.05, 0.1) is 6.54 Å². The van der Waals surface area contributed by atoms with E-state index in [0.717, 1.165) is 5.92 Å². The van der Waals surface area contributed by atoms with Gasteiger partial charge in [0, 0.05) is 12.1 Å². The smallest absolute Gasteiger partial charge is 0.234 e. The maximum absolute atomic E-state index is 11.7. The van der Waals surface area contributed by atoms with Crippen molar-refractivity contribution in [3.63, 3.8) is 0 Å². The highest BCUT2D eigenvalue weighted by Crippen LogP contribution is 2.30. The standard InChI is InChI=1S/C14H28N2O/c1-9(2)12(5)16-14(17)8-15-13-7-6-10(3)11(13)4/h9-13,15H,6-8H2,1-5H3,(H,16,17). The normalized spacial score (nSPS) is 30.6. The summed E-state index contributed by atoms with van der Waals surface area (Å²) in [6.07, 6.45) is 2.48. The minimum Gasteiger partial charge on any atom is -0.352 e. The average molecular weight is 240 g/mol. The third kappa shape index (κ3) is 4.30. The lowest BCUT2D eigenvalue weighted by Gasteiger charge is -2.21. The molecule has 4 atom stereocenters. The second kappa shape index (κ2) is 6.39. The van der Waals surface area contributed by atoms with Crippen molar-refractivity contribution in [2.45, 2.75) is 59.5 Å². The Labute approximate surface area is 106 Å². The first-order chi connectivity index (χ1) is 7.91. The van der Waals surface area contributed by atoms with Crippen molar-refractivity contribution in [1.29, 1.82) is 0 Å². The van der Waals surface area contributed by atoms with Crippen LogP contribution in [0.2, 0.25) is 0 Å². The minimum atomic E-state index is 0.123. The first kappa shape index (κ1) is 14.5. The number of amides is 1. The molecule has 1 amide bonds. The maximum Gasteiger partial charge on any atom is 0.234 e. The molecule has 1 saturated carbocycles. The van der Waals surface area contributed by atoms with Crippen molar-refractivity contribution in [3.05, 3.63) is 0 Å². The van der Waals surface area contributed by atoms with E-state index in [-0.39, 0.29) is 11.9 Å². The highest BCUT2D eigenvalue weighted by atomic mass is 16.1. The topological polar surface area (TPSA) is 41.1 Å². The van der Waals surface area contributed by atoms with Gasteiger partial charge in [-0.25, -0.2) is 0 Å². The van der Waals surface area contributed by atoms with E-state index in [2.05, 4.69) is 45.3 Å². The highest BCUT2D eigenvalue weighted by Gasteiger charge is 2.29. The van der Waals surface area contributed by atoms with Gasteiger partial charge in [0.1, 0.15) is 0 Å². The van der Waals surface area contributed by atoms with Crippen LogP contribution in [0.4, 0.5) is 0 Å². The third-order valence-electron chi connectivity index (χ3n) is 4.38. The Hall–Kier alpha value is -0.570. The molecular formula is C14H28N2O. The molecule has 0 aromatic heterocycles. The predicted octanol–water partition coefficient (Wildman–Crippen LogP) is 2.17. The van der Waals surface area contributed by atoms with Crippen LogP contribution < -0.4 is 10.6 Å². The van der Waals surface area contributed by atoms with E-state index < -0.39 is 0 Å². The molecule has 0 bridgehead atoms. The van der Waals surface area contributed by atoms with E-state index in [1.54, 1.807) is 0 Å². The first-order valence-corrected chi connectivity index (χ1v) is 6.94. The van der Waals surface area contributed by atoms with Crippen LogP contribution >= 0.6 is 0 Å². The summed E-state index contributed by atoms with van der Waals surface area (Å²) >= 11 is 0. The number of nitrogens with one attached hydrogen (secondary N) is 2. The molecule has 2 N–H and O–H groups in total. The van der Waals surface area contributed by atoms with Gasteiger partial charge in [-0.3, -0.25) is 4.79 Å². The van der Waals surface area contributed by atoms with Crippen LogP contribution in [-0.2, 0) is 4.79 Å². The molecule has 0 aliphatic heterocycles. The Morgan fingerprint density at radius 1 is 1.24 bits per heavy atom. The summed E-state index contributed by atoms with van der Waals surface area (Å²) in [5, 5.41) is 6.42. The molecule has 0 saturated heterocycles. The summed E-state index contributed by atoms with van der Waals surface area (Å²) in [6.45, 7) is 11.3. The summed E-state index contributed by atoms with van der Waals surface area (Å²) in [4.78, 5) is 11.7. The molecule has 1 aliphatic carbocycles. The fourth-order valence-corrected chi connectivity index (χ4v) is 2.35. The van der Waals surface area contributed by atoms with Gasteiger partial charge in [-0.05, 0) is 37.5 Å². The van der Waals surface area contributed by atoms with Crippen molar-refractivity contribution in [2.24, 2.45) is 17.8 Å². The third-order valence-corrected chi connectivity index (χ3v) is 4.38. The molecule has 1 rings (SSSR count). The van der Waals surface area contributed by atoms with Gasteiger partial charge < -0.3 is 10.6 Å². The predicted molar refractivity (Wildman–Crippen MR) is 71.8 cm³/mol.